The van der Waals surface area contributed by atoms with Gasteiger partial charge in [0.25, 0.3) is 0 Å². The smallest absolute Gasteiger partial charge is 0.330 e. The Kier molecular flexibility index (Phi) is 5.11. The molecule has 17 heavy (non-hydrogen) atoms. The predicted molar refractivity (Wildman–Crippen MR) is 66.5 cm³/mol. The normalized spacial score (nSPS) is 11.9. The lowest BCUT2D eigenvalue weighted by Crippen LogP contribution is -2.46. The monoisotopic (exact) mass is 300 g/mol. The Balaban J connectivity index is 2.38. The highest BCUT2D eigenvalue weighted by Crippen LogP contribution is 2.11. The molecule has 0 bridgehead atoms. The first kappa shape index (κ1) is 13.7. The average Bonchev–Trinajstić information content (AvgIpc) is 2.27. The van der Waals surface area contributed by atoms with Crippen LogP contribution in [0.25, 0.3) is 0 Å². The zero-order valence-electron chi connectivity index (χ0n) is 9.02. The van der Waals surface area contributed by atoms with Crippen molar-refractivity contribution in [1.82, 2.24) is 5.32 Å². The summed E-state index contributed by atoms with van der Waals surface area (Å²) in [7, 11) is 0. The highest BCUT2D eigenvalue weighted by atomic mass is 79.9. The summed E-state index contributed by atoms with van der Waals surface area (Å²) in [5.41, 5.74) is 6.19. The lowest BCUT2D eigenvalue weighted by atomic mass is 10.1. The number of hydrogen-bond donors (Lipinski definition) is 3. The standard InChI is InChI=1S/C11H13BrN2O3/c12-8-3-1-2-7(6-8)4-5-14-10(15)9(13)11(16)17/h1-3,6,9H,4-5,13H2,(H,14,15)(H,16,17). The van der Waals surface area contributed by atoms with Gasteiger partial charge in [0.2, 0.25) is 5.91 Å². The van der Waals surface area contributed by atoms with Crippen LogP contribution in [0, 0.1) is 0 Å². The zero-order valence-corrected chi connectivity index (χ0v) is 10.6. The quantitative estimate of drug-likeness (QED) is 0.691. The van der Waals surface area contributed by atoms with Crippen LogP contribution in [0.4, 0.5) is 0 Å². The molecule has 0 saturated carbocycles. The Morgan fingerprint density at radius 1 is 1.47 bits per heavy atom. The summed E-state index contributed by atoms with van der Waals surface area (Å²) in [5.74, 6) is -2.00. The third-order valence-electron chi connectivity index (χ3n) is 2.15. The SMILES string of the molecule is NC(C(=O)O)C(=O)NCCc1cccc(Br)c1. The number of nitrogens with one attached hydrogen (secondary N) is 1. The van der Waals surface area contributed by atoms with Crippen molar-refractivity contribution in [2.24, 2.45) is 5.73 Å². The molecule has 1 aromatic carbocycles. The highest BCUT2D eigenvalue weighted by molar-refractivity contribution is 9.10. The summed E-state index contributed by atoms with van der Waals surface area (Å²) in [6.07, 6.45) is 0.623. The number of amides is 1. The van der Waals surface area contributed by atoms with Gasteiger partial charge in [0.1, 0.15) is 0 Å². The van der Waals surface area contributed by atoms with E-state index in [1.807, 2.05) is 24.3 Å². The number of carboxylic acids is 1. The fourth-order valence-electron chi connectivity index (χ4n) is 1.24. The van der Waals surface area contributed by atoms with Gasteiger partial charge in [0.05, 0.1) is 0 Å². The molecule has 0 aliphatic heterocycles. The molecular formula is C11H13BrN2O3. The summed E-state index contributed by atoms with van der Waals surface area (Å²) in [4.78, 5) is 21.6. The Hall–Kier alpha value is -1.40. The molecule has 0 heterocycles. The Labute approximate surface area is 107 Å². The summed E-state index contributed by atoms with van der Waals surface area (Å²) >= 11 is 3.34. The van der Waals surface area contributed by atoms with Gasteiger partial charge in [0.15, 0.2) is 6.04 Å². The molecule has 0 aliphatic rings. The maximum Gasteiger partial charge on any atom is 0.330 e. The van der Waals surface area contributed by atoms with Crippen LogP contribution >= 0.6 is 15.9 Å². The first-order valence-corrected chi connectivity index (χ1v) is 5.80. The average molecular weight is 301 g/mol. The molecule has 1 unspecified atom stereocenters. The van der Waals surface area contributed by atoms with E-state index < -0.39 is 17.9 Å². The maximum absolute atomic E-state index is 11.2. The van der Waals surface area contributed by atoms with Crippen LogP contribution in [0.1, 0.15) is 5.56 Å². The summed E-state index contributed by atoms with van der Waals surface area (Å²) in [6.45, 7) is 0.357. The fraction of sp³-hybridized carbons (Fsp3) is 0.273. The topological polar surface area (TPSA) is 92.4 Å². The van der Waals surface area contributed by atoms with Crippen LogP contribution < -0.4 is 11.1 Å². The van der Waals surface area contributed by atoms with E-state index in [1.54, 1.807) is 0 Å². The van der Waals surface area contributed by atoms with Crippen molar-refractivity contribution in [3.05, 3.63) is 34.3 Å². The molecule has 92 valence electrons. The van der Waals surface area contributed by atoms with Crippen molar-refractivity contribution < 1.29 is 14.7 Å². The molecule has 0 fully saturated rings. The molecule has 1 atom stereocenters. The van der Waals surface area contributed by atoms with Gasteiger partial charge in [-0.05, 0) is 24.1 Å². The minimum atomic E-state index is -1.50. The fourth-order valence-corrected chi connectivity index (χ4v) is 1.69. The van der Waals surface area contributed by atoms with Gasteiger partial charge in [-0.25, -0.2) is 4.79 Å². The maximum atomic E-state index is 11.2. The van der Waals surface area contributed by atoms with Crippen LogP contribution in [0.15, 0.2) is 28.7 Å². The Morgan fingerprint density at radius 2 is 2.18 bits per heavy atom. The van der Waals surface area contributed by atoms with E-state index in [9.17, 15) is 9.59 Å². The molecule has 1 aromatic rings. The Morgan fingerprint density at radius 3 is 2.76 bits per heavy atom. The third kappa shape index (κ3) is 4.54. The van der Waals surface area contributed by atoms with E-state index in [0.717, 1.165) is 10.0 Å². The number of aliphatic carboxylic acids is 1. The number of carbonyl (C=O) groups excluding carboxylic acids is 1. The van der Waals surface area contributed by atoms with E-state index in [2.05, 4.69) is 21.2 Å². The van der Waals surface area contributed by atoms with E-state index in [0.29, 0.717) is 13.0 Å². The highest BCUT2D eigenvalue weighted by Gasteiger charge is 2.20. The van der Waals surface area contributed by atoms with Crippen LogP contribution in [-0.4, -0.2) is 29.6 Å². The number of halogens is 1. The third-order valence-corrected chi connectivity index (χ3v) is 2.64. The van der Waals surface area contributed by atoms with Gasteiger partial charge in [-0.15, -0.1) is 0 Å². The predicted octanol–water partition coefficient (Wildman–Crippen LogP) is 0.520. The van der Waals surface area contributed by atoms with E-state index in [1.165, 1.54) is 0 Å². The van der Waals surface area contributed by atoms with Gasteiger partial charge < -0.3 is 16.2 Å². The molecule has 0 radical (unpaired) electrons. The molecule has 6 heteroatoms. The second kappa shape index (κ2) is 6.36. The van der Waals surface area contributed by atoms with Gasteiger partial charge in [-0.1, -0.05) is 28.1 Å². The van der Waals surface area contributed by atoms with Crippen molar-refractivity contribution in [3.63, 3.8) is 0 Å². The number of hydrogen-bond acceptors (Lipinski definition) is 3. The minimum Gasteiger partial charge on any atom is -0.480 e. The number of benzene rings is 1. The van der Waals surface area contributed by atoms with Crippen molar-refractivity contribution in [2.75, 3.05) is 6.54 Å². The van der Waals surface area contributed by atoms with Gasteiger partial charge in [0, 0.05) is 11.0 Å². The second-order valence-corrected chi connectivity index (χ2v) is 4.40. The summed E-state index contributed by atoms with van der Waals surface area (Å²) in [5, 5.41) is 11.0. The van der Waals surface area contributed by atoms with Crippen molar-refractivity contribution in [2.45, 2.75) is 12.5 Å². The lowest BCUT2D eigenvalue weighted by Gasteiger charge is -2.08. The zero-order chi connectivity index (χ0) is 12.8. The van der Waals surface area contributed by atoms with Gasteiger partial charge in [-0.2, -0.15) is 0 Å². The van der Waals surface area contributed by atoms with Crippen molar-refractivity contribution in [1.29, 1.82) is 0 Å². The van der Waals surface area contributed by atoms with Crippen LogP contribution in [0.3, 0.4) is 0 Å². The molecule has 0 aromatic heterocycles. The largest absolute Gasteiger partial charge is 0.480 e. The van der Waals surface area contributed by atoms with E-state index in [-0.39, 0.29) is 0 Å². The molecule has 1 rings (SSSR count). The first-order chi connectivity index (χ1) is 8.00. The van der Waals surface area contributed by atoms with Crippen molar-refractivity contribution >= 4 is 27.8 Å². The molecular weight excluding hydrogens is 288 g/mol. The van der Waals surface area contributed by atoms with Crippen LogP contribution in [0.5, 0.6) is 0 Å². The van der Waals surface area contributed by atoms with Gasteiger partial charge >= 0.3 is 5.97 Å². The second-order valence-electron chi connectivity index (χ2n) is 3.49. The molecule has 0 spiro atoms. The van der Waals surface area contributed by atoms with E-state index >= 15 is 0 Å². The number of rotatable bonds is 5. The van der Waals surface area contributed by atoms with Crippen LogP contribution in [-0.2, 0) is 16.0 Å². The molecule has 4 N–H and O–H groups in total. The van der Waals surface area contributed by atoms with Gasteiger partial charge in [-0.3, -0.25) is 4.79 Å². The summed E-state index contributed by atoms with van der Waals surface area (Å²) in [6, 6.07) is 6.15. The molecule has 5 nitrogen and oxygen atoms in total. The number of carboxylic acid groups (broad SMARTS) is 1. The number of nitrogens with two attached hydrogens (primary N) is 1. The Bertz CT molecular complexity index is 423. The molecule has 0 saturated heterocycles. The minimum absolute atomic E-state index is 0.357. The first-order valence-electron chi connectivity index (χ1n) is 5.01. The lowest BCUT2D eigenvalue weighted by molar-refractivity contribution is -0.142. The molecule has 1 amide bonds. The summed E-state index contributed by atoms with van der Waals surface area (Å²) < 4.78 is 0.962. The van der Waals surface area contributed by atoms with E-state index in [4.69, 9.17) is 10.8 Å². The molecule has 0 aliphatic carbocycles. The number of carbonyl (C=O) groups is 2. The van der Waals surface area contributed by atoms with Crippen molar-refractivity contribution in [3.8, 4) is 0 Å². The van der Waals surface area contributed by atoms with Crippen LogP contribution in [0.2, 0.25) is 0 Å².